The molecule has 1 saturated heterocycles. The number of ether oxygens (including phenoxy) is 3. The lowest BCUT2D eigenvalue weighted by atomic mass is 10.1. The van der Waals surface area contributed by atoms with E-state index in [1.165, 1.54) is 0 Å². The van der Waals surface area contributed by atoms with E-state index in [1.807, 2.05) is 59.3 Å². The molecule has 0 radical (unpaired) electrons. The predicted octanol–water partition coefficient (Wildman–Crippen LogP) is 6.91. The summed E-state index contributed by atoms with van der Waals surface area (Å²) in [5.41, 5.74) is 1.61. The number of alkyl halides is 1. The fourth-order valence-electron chi connectivity index (χ4n) is 3.65. The van der Waals surface area contributed by atoms with Crippen LogP contribution in [0.2, 0.25) is 5.02 Å². The van der Waals surface area contributed by atoms with Crippen molar-refractivity contribution >= 4 is 39.1 Å². The molecule has 4 atom stereocenters. The first-order valence-corrected chi connectivity index (χ1v) is 12.2. The minimum atomic E-state index is -0.452. The molecule has 4 unspecified atom stereocenters. The molecule has 3 aromatic rings. The number of benzene rings is 2. The molecule has 0 aliphatic carbocycles. The van der Waals surface area contributed by atoms with E-state index in [4.69, 9.17) is 37.4 Å². The molecular formula is C24H25BrCl2N2O3. The quantitative estimate of drug-likeness (QED) is 0.277. The van der Waals surface area contributed by atoms with Crippen LogP contribution in [-0.2, 0) is 20.8 Å². The first-order chi connectivity index (χ1) is 15.6. The van der Waals surface area contributed by atoms with Crippen molar-refractivity contribution in [1.82, 2.24) is 9.55 Å². The van der Waals surface area contributed by atoms with Crippen molar-refractivity contribution in [2.45, 2.75) is 49.9 Å². The summed E-state index contributed by atoms with van der Waals surface area (Å²) in [7, 11) is 0. The number of nitrogens with zero attached hydrogens (tertiary/aromatic N) is 2. The van der Waals surface area contributed by atoms with Crippen LogP contribution in [0.5, 0.6) is 0 Å². The highest BCUT2D eigenvalue weighted by Crippen LogP contribution is 2.34. The van der Waals surface area contributed by atoms with Gasteiger partial charge in [-0.15, -0.1) is 0 Å². The fourth-order valence-corrected chi connectivity index (χ4v) is 4.37. The van der Waals surface area contributed by atoms with E-state index in [2.05, 4.69) is 20.9 Å². The van der Waals surface area contributed by atoms with E-state index >= 15 is 0 Å². The standard InChI is InChI=1S/C24H25BrCl2N2O3/c25-19-8-4-17(5-9-19)14-30-22-3-1-2-21(32-22)15-31-23(18-6-10-20(26)11-7-18)24(27)29-13-12-28-16-29/h4-13,16,21-24H,1-3,14-15H2. The van der Waals surface area contributed by atoms with Crippen LogP contribution in [0.15, 0.2) is 71.7 Å². The Hall–Kier alpha value is -1.41. The average molecular weight is 540 g/mol. The summed E-state index contributed by atoms with van der Waals surface area (Å²) in [6.45, 7) is 0.937. The monoisotopic (exact) mass is 538 g/mol. The zero-order chi connectivity index (χ0) is 22.3. The number of rotatable bonds is 9. The average Bonchev–Trinajstić information content (AvgIpc) is 3.35. The number of hydrogen-bond acceptors (Lipinski definition) is 4. The highest BCUT2D eigenvalue weighted by atomic mass is 79.9. The van der Waals surface area contributed by atoms with Crippen LogP contribution < -0.4 is 0 Å². The molecule has 32 heavy (non-hydrogen) atoms. The first-order valence-electron chi connectivity index (χ1n) is 10.6. The van der Waals surface area contributed by atoms with Gasteiger partial charge in [0.2, 0.25) is 0 Å². The molecular weight excluding hydrogens is 515 g/mol. The van der Waals surface area contributed by atoms with Crippen molar-refractivity contribution in [3.63, 3.8) is 0 Å². The molecule has 1 aliphatic rings. The van der Waals surface area contributed by atoms with Gasteiger partial charge in [-0.2, -0.15) is 0 Å². The normalized spacial score (nSPS) is 20.7. The summed E-state index contributed by atoms with van der Waals surface area (Å²) >= 11 is 16.3. The maximum atomic E-state index is 6.76. The first kappa shape index (κ1) is 23.7. The van der Waals surface area contributed by atoms with Gasteiger partial charge in [0.25, 0.3) is 0 Å². The van der Waals surface area contributed by atoms with Crippen LogP contribution in [0.25, 0.3) is 0 Å². The van der Waals surface area contributed by atoms with E-state index in [9.17, 15) is 0 Å². The van der Waals surface area contributed by atoms with E-state index in [1.54, 1.807) is 12.5 Å². The van der Waals surface area contributed by atoms with Crippen LogP contribution in [0.3, 0.4) is 0 Å². The molecule has 0 spiro atoms. The van der Waals surface area contributed by atoms with Crippen LogP contribution in [0, 0.1) is 0 Å². The highest BCUT2D eigenvalue weighted by Gasteiger charge is 2.28. The SMILES string of the molecule is Clc1ccc(C(OCC2CCCC(OCc3ccc(Br)cc3)O2)C(Cl)n2ccnc2)cc1. The van der Waals surface area contributed by atoms with Crippen molar-refractivity contribution in [3.05, 3.63) is 87.9 Å². The lowest BCUT2D eigenvalue weighted by Crippen LogP contribution is -2.33. The van der Waals surface area contributed by atoms with Gasteiger partial charge < -0.3 is 18.8 Å². The van der Waals surface area contributed by atoms with Crippen LogP contribution >= 0.6 is 39.1 Å². The van der Waals surface area contributed by atoms with E-state index < -0.39 is 5.50 Å². The van der Waals surface area contributed by atoms with Gasteiger partial charge in [0.05, 0.1) is 25.6 Å². The van der Waals surface area contributed by atoms with Gasteiger partial charge in [-0.05, 0) is 54.7 Å². The number of hydrogen-bond donors (Lipinski definition) is 0. The van der Waals surface area contributed by atoms with Gasteiger partial charge in [-0.1, -0.05) is 63.4 Å². The number of aromatic nitrogens is 2. The van der Waals surface area contributed by atoms with Gasteiger partial charge >= 0.3 is 0 Å². The Morgan fingerprint density at radius 3 is 2.62 bits per heavy atom. The van der Waals surface area contributed by atoms with Gasteiger partial charge in [-0.25, -0.2) is 4.98 Å². The third-order valence-corrected chi connectivity index (χ3v) is 6.61. The summed E-state index contributed by atoms with van der Waals surface area (Å²) in [4.78, 5) is 4.10. The lowest BCUT2D eigenvalue weighted by Gasteiger charge is -2.32. The van der Waals surface area contributed by atoms with Crippen molar-refractivity contribution in [2.24, 2.45) is 0 Å². The molecule has 2 heterocycles. The molecule has 1 fully saturated rings. The summed E-state index contributed by atoms with van der Waals surface area (Å²) < 4.78 is 21.4. The minimum Gasteiger partial charge on any atom is -0.367 e. The molecule has 2 aromatic carbocycles. The predicted molar refractivity (Wildman–Crippen MR) is 129 cm³/mol. The van der Waals surface area contributed by atoms with E-state index in [-0.39, 0.29) is 18.5 Å². The largest absolute Gasteiger partial charge is 0.367 e. The Bertz CT molecular complexity index is 954. The van der Waals surface area contributed by atoms with Gasteiger partial charge in [0, 0.05) is 21.9 Å². The molecule has 0 bridgehead atoms. The van der Waals surface area contributed by atoms with Crippen molar-refractivity contribution in [3.8, 4) is 0 Å². The van der Waals surface area contributed by atoms with Crippen molar-refractivity contribution < 1.29 is 14.2 Å². The second-order valence-electron chi connectivity index (χ2n) is 7.74. The molecule has 1 aliphatic heterocycles. The summed E-state index contributed by atoms with van der Waals surface area (Å²) in [6, 6.07) is 15.7. The fraction of sp³-hybridized carbons (Fsp3) is 0.375. The summed E-state index contributed by atoms with van der Waals surface area (Å²) in [5.74, 6) is 0. The van der Waals surface area contributed by atoms with Crippen molar-refractivity contribution in [2.75, 3.05) is 6.61 Å². The second-order valence-corrected chi connectivity index (χ2v) is 9.54. The molecule has 0 N–H and O–H groups in total. The number of halogens is 3. The topological polar surface area (TPSA) is 45.5 Å². The third kappa shape index (κ3) is 6.56. The minimum absolute atomic E-state index is 0.0554. The Morgan fingerprint density at radius 1 is 1.12 bits per heavy atom. The molecule has 8 heteroatoms. The lowest BCUT2D eigenvalue weighted by molar-refractivity contribution is -0.213. The number of imidazole rings is 1. The summed E-state index contributed by atoms with van der Waals surface area (Å²) in [5, 5.41) is 0.669. The zero-order valence-corrected chi connectivity index (χ0v) is 20.5. The highest BCUT2D eigenvalue weighted by molar-refractivity contribution is 9.10. The summed E-state index contributed by atoms with van der Waals surface area (Å²) in [6.07, 6.45) is 7.36. The van der Waals surface area contributed by atoms with Crippen molar-refractivity contribution in [1.29, 1.82) is 0 Å². The van der Waals surface area contributed by atoms with E-state index in [0.717, 1.165) is 34.9 Å². The van der Waals surface area contributed by atoms with Crippen LogP contribution in [-0.4, -0.2) is 28.6 Å². The molecule has 1 aromatic heterocycles. The second kappa shape index (κ2) is 11.6. The van der Waals surface area contributed by atoms with Crippen LogP contribution in [0.1, 0.15) is 42.0 Å². The maximum Gasteiger partial charge on any atom is 0.158 e. The van der Waals surface area contributed by atoms with Gasteiger partial charge in [0.1, 0.15) is 11.6 Å². The maximum absolute atomic E-state index is 6.76. The Balaban J connectivity index is 1.35. The molecule has 5 nitrogen and oxygen atoms in total. The third-order valence-electron chi connectivity index (χ3n) is 5.38. The van der Waals surface area contributed by atoms with E-state index in [0.29, 0.717) is 18.2 Å². The zero-order valence-electron chi connectivity index (χ0n) is 17.4. The van der Waals surface area contributed by atoms with Gasteiger partial charge in [0.15, 0.2) is 6.29 Å². The van der Waals surface area contributed by atoms with Gasteiger partial charge in [-0.3, -0.25) is 0 Å². The van der Waals surface area contributed by atoms with Crippen LogP contribution in [0.4, 0.5) is 0 Å². The Kier molecular flexibility index (Phi) is 8.63. The smallest absolute Gasteiger partial charge is 0.158 e. The molecule has 0 saturated carbocycles. The Labute approximate surface area is 206 Å². The molecule has 0 amide bonds. The molecule has 170 valence electrons. The molecule has 4 rings (SSSR count). The Morgan fingerprint density at radius 2 is 1.91 bits per heavy atom.